The van der Waals surface area contributed by atoms with E-state index in [-0.39, 0.29) is 5.69 Å². The molecule has 0 fully saturated rings. The van der Waals surface area contributed by atoms with E-state index in [1.54, 1.807) is 6.92 Å². The SMILES string of the molecule is Cc1nc(Nc2ccccc2C(C)C)cc(C(=O)O)n1. The molecule has 0 aliphatic carbocycles. The second-order valence-electron chi connectivity index (χ2n) is 4.86. The molecule has 1 aromatic carbocycles. The monoisotopic (exact) mass is 271 g/mol. The number of carbonyl (C=O) groups is 1. The van der Waals surface area contributed by atoms with Crippen molar-refractivity contribution in [1.29, 1.82) is 0 Å². The Balaban J connectivity index is 2.37. The smallest absolute Gasteiger partial charge is 0.354 e. The number of carboxylic acids is 1. The molecular weight excluding hydrogens is 254 g/mol. The summed E-state index contributed by atoms with van der Waals surface area (Å²) in [5.41, 5.74) is 2.07. The second-order valence-corrected chi connectivity index (χ2v) is 4.86. The van der Waals surface area contributed by atoms with Crippen LogP contribution >= 0.6 is 0 Å². The molecule has 2 N–H and O–H groups in total. The standard InChI is InChI=1S/C15H17N3O2/c1-9(2)11-6-4-5-7-12(11)18-14-8-13(15(19)20)16-10(3)17-14/h4-9H,1-3H3,(H,19,20)(H,16,17,18). The van der Waals surface area contributed by atoms with Crippen molar-refractivity contribution in [1.82, 2.24) is 9.97 Å². The van der Waals surface area contributed by atoms with Gasteiger partial charge in [0, 0.05) is 11.8 Å². The molecule has 1 aromatic heterocycles. The van der Waals surface area contributed by atoms with Gasteiger partial charge in [0.25, 0.3) is 0 Å². The van der Waals surface area contributed by atoms with E-state index in [1.165, 1.54) is 6.07 Å². The van der Waals surface area contributed by atoms with Crippen molar-refractivity contribution in [2.45, 2.75) is 26.7 Å². The third-order valence-electron chi connectivity index (χ3n) is 2.90. The summed E-state index contributed by atoms with van der Waals surface area (Å²) >= 11 is 0. The van der Waals surface area contributed by atoms with Gasteiger partial charge in [-0.1, -0.05) is 32.0 Å². The van der Waals surface area contributed by atoms with Gasteiger partial charge in [0.1, 0.15) is 11.6 Å². The van der Waals surface area contributed by atoms with Crippen molar-refractivity contribution in [2.75, 3.05) is 5.32 Å². The molecule has 0 spiro atoms. The molecule has 0 saturated carbocycles. The third-order valence-corrected chi connectivity index (χ3v) is 2.90. The Morgan fingerprint density at radius 2 is 1.95 bits per heavy atom. The minimum absolute atomic E-state index is 0.0120. The number of hydrogen-bond donors (Lipinski definition) is 2. The van der Waals surface area contributed by atoms with Gasteiger partial charge in [-0.3, -0.25) is 0 Å². The number of carboxylic acid groups (broad SMARTS) is 1. The summed E-state index contributed by atoms with van der Waals surface area (Å²) in [5.74, 6) is 0.216. The Labute approximate surface area is 117 Å². The number of nitrogens with one attached hydrogen (secondary N) is 1. The summed E-state index contributed by atoms with van der Waals surface area (Å²) < 4.78 is 0. The van der Waals surface area contributed by atoms with Crippen LogP contribution in [0.2, 0.25) is 0 Å². The number of para-hydroxylation sites is 1. The van der Waals surface area contributed by atoms with E-state index in [9.17, 15) is 4.79 Å². The van der Waals surface area contributed by atoms with Gasteiger partial charge in [0.05, 0.1) is 0 Å². The van der Waals surface area contributed by atoms with E-state index in [2.05, 4.69) is 29.1 Å². The van der Waals surface area contributed by atoms with Crippen LogP contribution in [-0.4, -0.2) is 21.0 Å². The Kier molecular flexibility index (Phi) is 3.98. The molecule has 0 unspecified atom stereocenters. The predicted molar refractivity (Wildman–Crippen MR) is 77.5 cm³/mol. The fraction of sp³-hybridized carbons (Fsp3) is 0.267. The van der Waals surface area contributed by atoms with Crippen LogP contribution in [0.1, 0.15) is 41.6 Å². The zero-order valence-electron chi connectivity index (χ0n) is 11.7. The maximum absolute atomic E-state index is 11.0. The molecule has 104 valence electrons. The number of benzene rings is 1. The Bertz CT molecular complexity index is 639. The van der Waals surface area contributed by atoms with Crippen LogP contribution in [0, 0.1) is 6.92 Å². The molecular formula is C15H17N3O2. The van der Waals surface area contributed by atoms with Gasteiger partial charge >= 0.3 is 5.97 Å². The average Bonchev–Trinajstić information content (AvgIpc) is 2.38. The first-order valence-corrected chi connectivity index (χ1v) is 6.42. The van der Waals surface area contributed by atoms with Gasteiger partial charge in [-0.2, -0.15) is 0 Å². The minimum atomic E-state index is -1.06. The molecule has 0 atom stereocenters. The van der Waals surface area contributed by atoms with Crippen LogP contribution in [0.25, 0.3) is 0 Å². The highest BCUT2D eigenvalue weighted by molar-refractivity contribution is 5.86. The number of rotatable bonds is 4. The van der Waals surface area contributed by atoms with Crippen molar-refractivity contribution >= 4 is 17.5 Å². The molecule has 0 amide bonds. The van der Waals surface area contributed by atoms with Gasteiger partial charge in [0.2, 0.25) is 0 Å². The topological polar surface area (TPSA) is 75.1 Å². The summed E-state index contributed by atoms with van der Waals surface area (Å²) in [6, 6.07) is 9.34. The normalized spacial score (nSPS) is 10.6. The quantitative estimate of drug-likeness (QED) is 0.891. The van der Waals surface area contributed by atoms with Gasteiger partial charge in [0.15, 0.2) is 5.69 Å². The number of aromatic nitrogens is 2. The van der Waals surface area contributed by atoms with Crippen molar-refractivity contribution in [3.8, 4) is 0 Å². The van der Waals surface area contributed by atoms with Crippen LogP contribution < -0.4 is 5.32 Å². The maximum atomic E-state index is 11.0. The lowest BCUT2D eigenvalue weighted by molar-refractivity contribution is 0.0690. The molecule has 0 radical (unpaired) electrons. The van der Waals surface area contributed by atoms with E-state index in [0.717, 1.165) is 11.3 Å². The first-order valence-electron chi connectivity index (χ1n) is 6.42. The zero-order chi connectivity index (χ0) is 14.7. The Hall–Kier alpha value is -2.43. The molecule has 0 aliphatic rings. The fourth-order valence-corrected chi connectivity index (χ4v) is 1.99. The molecule has 5 nitrogen and oxygen atoms in total. The summed E-state index contributed by atoms with van der Waals surface area (Å²) in [6.07, 6.45) is 0. The minimum Gasteiger partial charge on any atom is -0.477 e. The first kappa shape index (κ1) is 14.0. The Morgan fingerprint density at radius 3 is 2.60 bits per heavy atom. The van der Waals surface area contributed by atoms with E-state index in [4.69, 9.17) is 5.11 Å². The lowest BCUT2D eigenvalue weighted by Crippen LogP contribution is -2.06. The number of aromatic carboxylic acids is 1. The molecule has 0 bridgehead atoms. The molecule has 2 rings (SSSR count). The molecule has 2 aromatic rings. The average molecular weight is 271 g/mol. The molecule has 0 aliphatic heterocycles. The molecule has 20 heavy (non-hydrogen) atoms. The highest BCUT2D eigenvalue weighted by Gasteiger charge is 2.11. The molecule has 0 saturated heterocycles. The van der Waals surface area contributed by atoms with E-state index in [0.29, 0.717) is 17.6 Å². The zero-order valence-corrected chi connectivity index (χ0v) is 11.7. The molecule has 1 heterocycles. The highest BCUT2D eigenvalue weighted by Crippen LogP contribution is 2.26. The van der Waals surface area contributed by atoms with E-state index in [1.807, 2.05) is 24.3 Å². The summed E-state index contributed by atoms with van der Waals surface area (Å²) in [5, 5.41) is 12.2. The van der Waals surface area contributed by atoms with Crippen LogP contribution in [0.5, 0.6) is 0 Å². The van der Waals surface area contributed by atoms with Crippen LogP contribution in [0.4, 0.5) is 11.5 Å². The van der Waals surface area contributed by atoms with Gasteiger partial charge < -0.3 is 10.4 Å². The Morgan fingerprint density at radius 1 is 1.25 bits per heavy atom. The summed E-state index contributed by atoms with van der Waals surface area (Å²) in [7, 11) is 0. The molecule has 5 heteroatoms. The van der Waals surface area contributed by atoms with Crippen LogP contribution in [-0.2, 0) is 0 Å². The summed E-state index contributed by atoms with van der Waals surface area (Å²) in [6.45, 7) is 5.88. The second kappa shape index (κ2) is 5.69. The highest BCUT2D eigenvalue weighted by atomic mass is 16.4. The number of aryl methyl sites for hydroxylation is 1. The number of anilines is 2. The first-order chi connectivity index (χ1) is 9.47. The number of hydrogen-bond acceptors (Lipinski definition) is 4. The van der Waals surface area contributed by atoms with Gasteiger partial charge in [-0.15, -0.1) is 0 Å². The summed E-state index contributed by atoms with van der Waals surface area (Å²) in [4.78, 5) is 19.1. The van der Waals surface area contributed by atoms with Crippen molar-refractivity contribution in [3.63, 3.8) is 0 Å². The van der Waals surface area contributed by atoms with Crippen LogP contribution in [0.3, 0.4) is 0 Å². The number of nitrogens with zero attached hydrogens (tertiary/aromatic N) is 2. The maximum Gasteiger partial charge on any atom is 0.354 e. The lowest BCUT2D eigenvalue weighted by Gasteiger charge is -2.14. The largest absolute Gasteiger partial charge is 0.477 e. The fourth-order valence-electron chi connectivity index (χ4n) is 1.99. The van der Waals surface area contributed by atoms with Crippen molar-refractivity contribution < 1.29 is 9.90 Å². The van der Waals surface area contributed by atoms with Gasteiger partial charge in [-0.25, -0.2) is 14.8 Å². The van der Waals surface area contributed by atoms with E-state index >= 15 is 0 Å². The predicted octanol–water partition coefficient (Wildman–Crippen LogP) is 3.35. The third kappa shape index (κ3) is 3.12. The van der Waals surface area contributed by atoms with Gasteiger partial charge in [-0.05, 0) is 24.5 Å². The lowest BCUT2D eigenvalue weighted by atomic mass is 10.0. The van der Waals surface area contributed by atoms with Crippen molar-refractivity contribution in [3.05, 3.63) is 47.4 Å². The van der Waals surface area contributed by atoms with E-state index < -0.39 is 5.97 Å². The van der Waals surface area contributed by atoms with Crippen LogP contribution in [0.15, 0.2) is 30.3 Å². The van der Waals surface area contributed by atoms with Crippen molar-refractivity contribution in [2.24, 2.45) is 0 Å².